The van der Waals surface area contributed by atoms with Gasteiger partial charge in [0.15, 0.2) is 0 Å². The molecular formula is C8H14N2O2. The van der Waals surface area contributed by atoms with E-state index < -0.39 is 5.41 Å². The molecule has 1 amide bonds. The molecule has 0 fully saturated rings. The molecule has 12 heavy (non-hydrogen) atoms. The lowest BCUT2D eigenvalue weighted by Gasteiger charge is -2.20. The molecule has 0 bridgehead atoms. The summed E-state index contributed by atoms with van der Waals surface area (Å²) >= 11 is 0. The summed E-state index contributed by atoms with van der Waals surface area (Å²) < 4.78 is 0. The van der Waals surface area contributed by atoms with E-state index in [1.807, 2.05) is 20.8 Å². The van der Waals surface area contributed by atoms with Gasteiger partial charge in [-0.05, 0) is 6.42 Å². The molecule has 0 spiro atoms. The number of carbonyl (C=O) groups is 1. The molecule has 1 N–H and O–H groups in total. The Morgan fingerprint density at radius 2 is 2.17 bits per heavy atom. The molecule has 0 aliphatic heterocycles. The maximum atomic E-state index is 11.2. The van der Waals surface area contributed by atoms with Crippen molar-refractivity contribution in [2.75, 3.05) is 0 Å². The van der Waals surface area contributed by atoms with Gasteiger partial charge in [0.2, 0.25) is 5.91 Å². The molecule has 0 atom stereocenters. The Hall–Kier alpha value is -1.15. The largest absolute Gasteiger partial charge is 0.273 e. The zero-order valence-corrected chi connectivity index (χ0v) is 7.68. The maximum Gasteiger partial charge on any atom is 0.258 e. The number of amides is 1. The lowest BCUT2D eigenvalue weighted by molar-refractivity contribution is -0.129. The summed E-state index contributed by atoms with van der Waals surface area (Å²) in [5.74, 6) is -0.243. The molecule has 68 valence electrons. The summed E-state index contributed by atoms with van der Waals surface area (Å²) in [6.07, 6.45) is 2.95. The highest BCUT2D eigenvalue weighted by molar-refractivity contribution is 5.81. The van der Waals surface area contributed by atoms with Crippen LogP contribution < -0.4 is 5.43 Å². The Labute approximate surface area is 72.0 Å². The molecule has 4 nitrogen and oxygen atoms in total. The van der Waals surface area contributed by atoms with Gasteiger partial charge in [0, 0.05) is 5.41 Å². The highest BCUT2D eigenvalue weighted by Gasteiger charge is 2.25. The first-order valence-electron chi connectivity index (χ1n) is 3.92. The van der Waals surface area contributed by atoms with Crippen molar-refractivity contribution in [2.45, 2.75) is 33.6 Å². The second kappa shape index (κ2) is 4.67. The second-order valence-electron chi connectivity index (χ2n) is 3.28. The molecule has 0 unspecified atom stereocenters. The predicted octanol–water partition coefficient (Wildman–Crippen LogP) is 1.18. The molecule has 0 rings (SSSR count). The first-order valence-corrected chi connectivity index (χ1v) is 3.92. The zero-order chi connectivity index (χ0) is 9.61. The van der Waals surface area contributed by atoms with Gasteiger partial charge in [-0.15, -0.1) is 0 Å². The van der Waals surface area contributed by atoms with Crippen molar-refractivity contribution in [3.05, 3.63) is 0 Å². The van der Waals surface area contributed by atoms with E-state index in [4.69, 9.17) is 0 Å². The Morgan fingerprint density at radius 3 is 2.58 bits per heavy atom. The van der Waals surface area contributed by atoms with Crippen LogP contribution in [0.5, 0.6) is 0 Å². The van der Waals surface area contributed by atoms with Crippen LogP contribution in [0.25, 0.3) is 0 Å². The quantitative estimate of drug-likeness (QED) is 0.391. The van der Waals surface area contributed by atoms with Gasteiger partial charge in [-0.1, -0.05) is 32.3 Å². The van der Waals surface area contributed by atoms with Crippen LogP contribution in [0.15, 0.2) is 5.10 Å². The molecule has 0 radical (unpaired) electrons. The van der Waals surface area contributed by atoms with E-state index in [9.17, 15) is 9.59 Å². The van der Waals surface area contributed by atoms with Crippen LogP contribution in [-0.2, 0) is 9.59 Å². The Morgan fingerprint density at radius 1 is 1.58 bits per heavy atom. The fourth-order valence-electron chi connectivity index (χ4n) is 0.963. The highest BCUT2D eigenvalue weighted by Crippen LogP contribution is 2.21. The van der Waals surface area contributed by atoms with Crippen LogP contribution in [-0.4, -0.2) is 12.0 Å². The molecule has 0 aliphatic rings. The number of nitrogens with one attached hydrogen (secondary N) is 1. The third kappa shape index (κ3) is 3.30. The number of hydrogen-bond donors (Lipinski definition) is 1. The topological polar surface area (TPSA) is 58.5 Å². The lowest BCUT2D eigenvalue weighted by atomic mass is 9.87. The molecule has 0 aromatic heterocycles. The zero-order valence-electron chi connectivity index (χ0n) is 7.68. The Bertz CT molecular complexity index is 205. The van der Waals surface area contributed by atoms with Gasteiger partial charge in [0.25, 0.3) is 6.08 Å². The molecule has 0 saturated heterocycles. The average Bonchev–Trinajstić information content (AvgIpc) is 2.00. The van der Waals surface area contributed by atoms with Crippen LogP contribution in [0.1, 0.15) is 33.6 Å². The van der Waals surface area contributed by atoms with E-state index in [0.29, 0.717) is 0 Å². The number of rotatable bonds is 4. The summed E-state index contributed by atoms with van der Waals surface area (Å²) in [5.41, 5.74) is 1.66. The summed E-state index contributed by atoms with van der Waals surface area (Å²) in [5, 5.41) is 3.02. The average molecular weight is 170 g/mol. The van der Waals surface area contributed by atoms with E-state index in [2.05, 4.69) is 10.5 Å². The molecule has 4 heteroatoms. The Kier molecular flexibility index (Phi) is 4.22. The van der Waals surface area contributed by atoms with Gasteiger partial charge in [-0.25, -0.2) is 10.2 Å². The van der Waals surface area contributed by atoms with Crippen LogP contribution >= 0.6 is 0 Å². The second-order valence-corrected chi connectivity index (χ2v) is 3.28. The molecule has 0 aliphatic carbocycles. The van der Waals surface area contributed by atoms with Gasteiger partial charge >= 0.3 is 0 Å². The number of hydrazone groups is 1. The molecule has 0 saturated carbocycles. The predicted molar refractivity (Wildman–Crippen MR) is 45.0 cm³/mol. The SMILES string of the molecule is CCCC(C)(C)C(=O)NN=C=O. The third-order valence-electron chi connectivity index (χ3n) is 1.69. The van der Waals surface area contributed by atoms with Crippen LogP contribution in [0.3, 0.4) is 0 Å². The van der Waals surface area contributed by atoms with E-state index in [1.165, 1.54) is 6.08 Å². The molecule has 0 heterocycles. The summed E-state index contributed by atoms with van der Waals surface area (Å²) in [7, 11) is 0. The van der Waals surface area contributed by atoms with Crippen molar-refractivity contribution >= 4 is 12.0 Å². The monoisotopic (exact) mass is 170 g/mol. The van der Waals surface area contributed by atoms with Gasteiger partial charge in [-0.2, -0.15) is 0 Å². The summed E-state index contributed by atoms with van der Waals surface area (Å²) in [4.78, 5) is 20.9. The van der Waals surface area contributed by atoms with E-state index in [1.54, 1.807) is 0 Å². The van der Waals surface area contributed by atoms with Crippen molar-refractivity contribution in [1.29, 1.82) is 0 Å². The smallest absolute Gasteiger partial charge is 0.258 e. The molecular weight excluding hydrogens is 156 g/mol. The first-order chi connectivity index (χ1) is 5.54. The standard InChI is InChI=1S/C8H14N2O2/c1-4-5-8(2,3)7(12)10-9-6-11/h4-5H2,1-3H3,(H,10,12). The van der Waals surface area contributed by atoms with Crippen molar-refractivity contribution in [2.24, 2.45) is 10.5 Å². The first kappa shape index (κ1) is 10.8. The summed E-state index contributed by atoms with van der Waals surface area (Å²) in [6, 6.07) is 0. The van der Waals surface area contributed by atoms with Crippen LogP contribution in [0.4, 0.5) is 0 Å². The lowest BCUT2D eigenvalue weighted by Crippen LogP contribution is -2.33. The number of carbonyl (C=O) groups excluding carboxylic acids is 2. The highest BCUT2D eigenvalue weighted by atomic mass is 16.2. The maximum absolute atomic E-state index is 11.2. The minimum atomic E-state index is -0.463. The van der Waals surface area contributed by atoms with Crippen molar-refractivity contribution in [3.63, 3.8) is 0 Å². The van der Waals surface area contributed by atoms with Crippen molar-refractivity contribution < 1.29 is 9.59 Å². The summed E-state index contributed by atoms with van der Waals surface area (Å²) in [6.45, 7) is 5.62. The minimum absolute atomic E-state index is 0.243. The minimum Gasteiger partial charge on any atom is -0.273 e. The fraction of sp³-hybridized carbons (Fsp3) is 0.750. The van der Waals surface area contributed by atoms with Crippen LogP contribution in [0.2, 0.25) is 0 Å². The number of hydrogen-bond acceptors (Lipinski definition) is 3. The normalized spacial score (nSPS) is 10.2. The van der Waals surface area contributed by atoms with Gasteiger partial charge in [0.05, 0.1) is 0 Å². The fourth-order valence-corrected chi connectivity index (χ4v) is 0.963. The number of nitrogens with zero attached hydrogens (tertiary/aromatic N) is 1. The van der Waals surface area contributed by atoms with E-state index in [0.717, 1.165) is 12.8 Å². The van der Waals surface area contributed by atoms with Gasteiger partial charge in [-0.3, -0.25) is 4.79 Å². The van der Waals surface area contributed by atoms with Crippen molar-refractivity contribution in [3.8, 4) is 0 Å². The third-order valence-corrected chi connectivity index (χ3v) is 1.69. The van der Waals surface area contributed by atoms with Crippen molar-refractivity contribution in [1.82, 2.24) is 5.43 Å². The van der Waals surface area contributed by atoms with E-state index in [-0.39, 0.29) is 5.91 Å². The Balaban J connectivity index is 4.14. The molecule has 0 aromatic carbocycles. The van der Waals surface area contributed by atoms with Crippen LogP contribution in [0, 0.1) is 5.41 Å². The van der Waals surface area contributed by atoms with E-state index >= 15 is 0 Å². The van der Waals surface area contributed by atoms with Gasteiger partial charge in [0.1, 0.15) is 0 Å². The molecule has 0 aromatic rings. The number of isocyanates is 1. The van der Waals surface area contributed by atoms with Gasteiger partial charge < -0.3 is 0 Å².